The van der Waals surface area contributed by atoms with Crippen LogP contribution in [0.5, 0.6) is 5.75 Å². The highest BCUT2D eigenvalue weighted by Crippen LogP contribution is 2.19. The maximum Gasteiger partial charge on any atom is 0.213 e. The Labute approximate surface area is 106 Å². The van der Waals surface area contributed by atoms with Gasteiger partial charge in [-0.3, -0.25) is 0 Å². The Balaban J connectivity index is 1.92. The normalized spacial score (nSPS) is 10.8. The molecule has 0 aliphatic carbocycles. The van der Waals surface area contributed by atoms with Gasteiger partial charge in [0.2, 0.25) is 6.39 Å². The third-order valence-electron chi connectivity index (χ3n) is 2.34. The Morgan fingerprint density at radius 1 is 1.28 bits per heavy atom. The van der Waals surface area contributed by atoms with Crippen molar-refractivity contribution < 1.29 is 9.26 Å². The number of aromatic nitrogens is 2. The molecular weight excluding hydrogens is 230 g/mol. The van der Waals surface area contributed by atoms with E-state index in [2.05, 4.69) is 20.0 Å². The van der Waals surface area contributed by atoms with Gasteiger partial charge < -0.3 is 14.6 Å². The van der Waals surface area contributed by atoms with Crippen molar-refractivity contribution in [1.29, 1.82) is 0 Å². The van der Waals surface area contributed by atoms with Gasteiger partial charge in [-0.1, -0.05) is 23.4 Å². The molecule has 0 unspecified atom stereocenters. The number of hydrogen-bond acceptors (Lipinski definition) is 5. The van der Waals surface area contributed by atoms with Crippen LogP contribution in [0.25, 0.3) is 0 Å². The van der Waals surface area contributed by atoms with Crippen molar-refractivity contribution in [2.24, 2.45) is 0 Å². The molecule has 5 heteroatoms. The fourth-order valence-electron chi connectivity index (χ4n) is 1.60. The van der Waals surface area contributed by atoms with E-state index in [0.717, 1.165) is 11.3 Å². The first-order valence-electron chi connectivity index (χ1n) is 5.96. The van der Waals surface area contributed by atoms with Crippen molar-refractivity contribution >= 4 is 0 Å². The molecule has 2 rings (SSSR count). The summed E-state index contributed by atoms with van der Waals surface area (Å²) in [6.07, 6.45) is 1.50. The van der Waals surface area contributed by atoms with Gasteiger partial charge in [-0.15, -0.1) is 0 Å². The minimum atomic E-state index is 0.170. The van der Waals surface area contributed by atoms with E-state index in [1.165, 1.54) is 6.39 Å². The first-order chi connectivity index (χ1) is 8.75. The van der Waals surface area contributed by atoms with E-state index < -0.39 is 0 Å². The minimum absolute atomic E-state index is 0.170. The number of nitrogens with zero attached hydrogens (tertiary/aromatic N) is 2. The minimum Gasteiger partial charge on any atom is -0.491 e. The molecule has 18 heavy (non-hydrogen) atoms. The van der Waals surface area contributed by atoms with Gasteiger partial charge in [0.05, 0.1) is 12.6 Å². The summed E-state index contributed by atoms with van der Waals surface area (Å²) in [7, 11) is 0. The van der Waals surface area contributed by atoms with Crippen LogP contribution in [0.15, 0.2) is 35.2 Å². The second-order valence-corrected chi connectivity index (χ2v) is 4.23. The average Bonchev–Trinajstić information content (AvgIpc) is 2.84. The van der Waals surface area contributed by atoms with Gasteiger partial charge in [0.1, 0.15) is 5.75 Å². The van der Waals surface area contributed by atoms with Crippen LogP contribution in [0, 0.1) is 0 Å². The molecule has 0 saturated heterocycles. The van der Waals surface area contributed by atoms with Crippen molar-refractivity contribution in [2.75, 3.05) is 0 Å². The lowest BCUT2D eigenvalue weighted by Crippen LogP contribution is -2.15. The van der Waals surface area contributed by atoms with Gasteiger partial charge in [0, 0.05) is 12.1 Å². The van der Waals surface area contributed by atoms with Crippen molar-refractivity contribution in [3.05, 3.63) is 42.0 Å². The zero-order chi connectivity index (χ0) is 12.8. The summed E-state index contributed by atoms with van der Waals surface area (Å²) in [6, 6.07) is 7.99. The van der Waals surface area contributed by atoms with Gasteiger partial charge in [-0.25, -0.2) is 0 Å². The molecule has 0 saturated carbocycles. The predicted octanol–water partition coefficient (Wildman–Crippen LogP) is 2.15. The molecule has 0 bridgehead atoms. The van der Waals surface area contributed by atoms with E-state index in [1.807, 2.05) is 38.1 Å². The van der Waals surface area contributed by atoms with E-state index in [-0.39, 0.29) is 6.10 Å². The number of ether oxygens (including phenoxy) is 1. The number of hydrogen-bond donors (Lipinski definition) is 1. The summed E-state index contributed by atoms with van der Waals surface area (Å²) in [5, 5.41) is 6.99. The van der Waals surface area contributed by atoms with Crippen LogP contribution in [0.1, 0.15) is 25.2 Å². The molecule has 0 aliphatic heterocycles. The molecule has 0 amide bonds. The molecule has 5 nitrogen and oxygen atoms in total. The zero-order valence-electron chi connectivity index (χ0n) is 10.6. The van der Waals surface area contributed by atoms with Crippen molar-refractivity contribution in [2.45, 2.75) is 33.0 Å². The standard InChI is InChI=1S/C13H17N3O2/c1-10(2)18-12-6-4-3-5-11(12)7-14-8-13-15-9-17-16-13/h3-6,9-10,14H,7-8H2,1-2H3. The number of benzene rings is 1. The van der Waals surface area contributed by atoms with Crippen LogP contribution < -0.4 is 10.1 Å². The smallest absolute Gasteiger partial charge is 0.213 e. The molecule has 1 heterocycles. The van der Waals surface area contributed by atoms with Gasteiger partial charge in [0.25, 0.3) is 0 Å². The Morgan fingerprint density at radius 3 is 2.83 bits per heavy atom. The molecule has 0 spiro atoms. The Hall–Kier alpha value is -1.88. The fraction of sp³-hybridized carbons (Fsp3) is 0.385. The number of rotatable bonds is 6. The molecule has 1 N–H and O–H groups in total. The molecule has 0 aliphatic rings. The summed E-state index contributed by atoms with van der Waals surface area (Å²) in [5.74, 6) is 1.56. The second-order valence-electron chi connectivity index (χ2n) is 4.23. The van der Waals surface area contributed by atoms with Crippen LogP contribution in [0.4, 0.5) is 0 Å². The summed E-state index contributed by atoms with van der Waals surface area (Å²) in [6.45, 7) is 5.32. The highest BCUT2D eigenvalue weighted by Gasteiger charge is 2.05. The van der Waals surface area contributed by atoms with E-state index >= 15 is 0 Å². The van der Waals surface area contributed by atoms with Gasteiger partial charge in [-0.05, 0) is 19.9 Å². The van der Waals surface area contributed by atoms with Crippen molar-refractivity contribution in [1.82, 2.24) is 15.5 Å². The van der Waals surface area contributed by atoms with E-state index in [4.69, 9.17) is 4.74 Å². The maximum absolute atomic E-state index is 5.74. The van der Waals surface area contributed by atoms with Crippen LogP contribution >= 0.6 is 0 Å². The van der Waals surface area contributed by atoms with E-state index in [9.17, 15) is 0 Å². The van der Waals surface area contributed by atoms with Crippen LogP contribution in [0.2, 0.25) is 0 Å². The highest BCUT2D eigenvalue weighted by atomic mass is 16.5. The van der Waals surface area contributed by atoms with E-state index in [0.29, 0.717) is 18.9 Å². The lowest BCUT2D eigenvalue weighted by molar-refractivity contribution is 0.239. The second kappa shape index (κ2) is 6.16. The van der Waals surface area contributed by atoms with Crippen LogP contribution in [0.3, 0.4) is 0 Å². The van der Waals surface area contributed by atoms with Gasteiger partial charge >= 0.3 is 0 Å². The van der Waals surface area contributed by atoms with Crippen LogP contribution in [-0.4, -0.2) is 16.2 Å². The molecule has 1 aromatic carbocycles. The zero-order valence-corrected chi connectivity index (χ0v) is 10.6. The molecular formula is C13H17N3O2. The maximum atomic E-state index is 5.74. The lowest BCUT2D eigenvalue weighted by Gasteiger charge is -2.14. The molecule has 0 fully saturated rings. The summed E-state index contributed by atoms with van der Waals surface area (Å²) >= 11 is 0. The van der Waals surface area contributed by atoms with Gasteiger partial charge in [-0.2, -0.15) is 4.98 Å². The summed E-state index contributed by atoms with van der Waals surface area (Å²) in [4.78, 5) is 3.95. The fourth-order valence-corrected chi connectivity index (χ4v) is 1.60. The quantitative estimate of drug-likeness (QED) is 0.847. The Bertz CT molecular complexity index is 469. The molecule has 1 aromatic heterocycles. The predicted molar refractivity (Wildman–Crippen MR) is 67.0 cm³/mol. The molecule has 96 valence electrons. The monoisotopic (exact) mass is 247 g/mol. The molecule has 0 radical (unpaired) electrons. The highest BCUT2D eigenvalue weighted by molar-refractivity contribution is 5.33. The van der Waals surface area contributed by atoms with Crippen molar-refractivity contribution in [3.8, 4) is 5.75 Å². The Kier molecular flexibility index (Phi) is 4.30. The van der Waals surface area contributed by atoms with Gasteiger partial charge in [0.15, 0.2) is 5.82 Å². The SMILES string of the molecule is CC(C)Oc1ccccc1CNCc1ncon1. The van der Waals surface area contributed by atoms with E-state index in [1.54, 1.807) is 0 Å². The average molecular weight is 247 g/mol. The first-order valence-corrected chi connectivity index (χ1v) is 5.96. The Morgan fingerprint density at radius 2 is 2.11 bits per heavy atom. The third kappa shape index (κ3) is 3.56. The molecule has 2 aromatic rings. The topological polar surface area (TPSA) is 60.2 Å². The lowest BCUT2D eigenvalue weighted by atomic mass is 10.2. The largest absolute Gasteiger partial charge is 0.491 e. The van der Waals surface area contributed by atoms with Crippen molar-refractivity contribution in [3.63, 3.8) is 0 Å². The number of para-hydroxylation sites is 1. The molecule has 0 atom stereocenters. The van der Waals surface area contributed by atoms with Crippen LogP contribution in [-0.2, 0) is 13.1 Å². The number of nitrogens with one attached hydrogen (secondary N) is 1. The summed E-state index contributed by atoms with van der Waals surface area (Å²) < 4.78 is 10.4. The first kappa shape index (κ1) is 12.6. The third-order valence-corrected chi connectivity index (χ3v) is 2.34. The summed E-state index contributed by atoms with van der Waals surface area (Å²) in [5.41, 5.74) is 1.12.